The van der Waals surface area contributed by atoms with Crippen molar-refractivity contribution < 1.29 is 13.8 Å². The Morgan fingerprint density at radius 2 is 2.05 bits per heavy atom. The zero-order valence-electron chi connectivity index (χ0n) is 12.8. The number of aromatic nitrogens is 3. The Kier molecular flexibility index (Phi) is 3.77. The summed E-state index contributed by atoms with van der Waals surface area (Å²) in [6.07, 6.45) is 0.717. The molecule has 3 rings (SSSR count). The van der Waals surface area contributed by atoms with Crippen LogP contribution in [0, 0.1) is 6.92 Å². The fourth-order valence-electron chi connectivity index (χ4n) is 2.71. The summed E-state index contributed by atoms with van der Waals surface area (Å²) in [5.74, 6) is 1.73. The number of likely N-dealkylation sites (N-methyl/N-ethyl adjacent to an activating group) is 1. The van der Waals surface area contributed by atoms with Crippen LogP contribution in [0.25, 0.3) is 11.4 Å². The molecular formula is C14H20N4O3. The van der Waals surface area contributed by atoms with E-state index in [1.165, 1.54) is 0 Å². The number of rotatable bonds is 3. The van der Waals surface area contributed by atoms with Crippen molar-refractivity contribution in [3.05, 3.63) is 17.3 Å². The van der Waals surface area contributed by atoms with Gasteiger partial charge < -0.3 is 18.7 Å². The van der Waals surface area contributed by atoms with Gasteiger partial charge in [-0.15, -0.1) is 0 Å². The summed E-state index contributed by atoms with van der Waals surface area (Å²) in [5.41, 5.74) is 1.67. The summed E-state index contributed by atoms with van der Waals surface area (Å²) in [6.45, 7) is 7.56. The summed E-state index contributed by atoms with van der Waals surface area (Å²) in [7, 11) is 2.06. The van der Waals surface area contributed by atoms with Gasteiger partial charge in [0.1, 0.15) is 11.9 Å². The monoisotopic (exact) mass is 292 g/mol. The van der Waals surface area contributed by atoms with Gasteiger partial charge in [0.15, 0.2) is 0 Å². The smallest absolute Gasteiger partial charge is 0.257 e. The van der Waals surface area contributed by atoms with Crippen molar-refractivity contribution in [2.45, 2.75) is 39.4 Å². The summed E-state index contributed by atoms with van der Waals surface area (Å²) < 4.78 is 16.5. The van der Waals surface area contributed by atoms with Gasteiger partial charge >= 0.3 is 0 Å². The topological polar surface area (TPSA) is 77.4 Å². The Morgan fingerprint density at radius 1 is 1.24 bits per heavy atom. The van der Waals surface area contributed by atoms with E-state index in [-0.39, 0.29) is 12.2 Å². The summed E-state index contributed by atoms with van der Waals surface area (Å²) in [5, 5.41) is 8.09. The van der Waals surface area contributed by atoms with Crippen molar-refractivity contribution in [1.29, 1.82) is 0 Å². The molecule has 0 radical (unpaired) electrons. The van der Waals surface area contributed by atoms with E-state index in [2.05, 4.69) is 27.2 Å². The number of morpholine rings is 1. The molecule has 2 aromatic heterocycles. The van der Waals surface area contributed by atoms with E-state index in [1.807, 2.05) is 20.8 Å². The number of hydrogen-bond donors (Lipinski definition) is 0. The van der Waals surface area contributed by atoms with Crippen LogP contribution in [0.1, 0.15) is 37.3 Å². The minimum absolute atomic E-state index is 0.146. The molecule has 0 aromatic carbocycles. The van der Waals surface area contributed by atoms with E-state index < -0.39 is 0 Å². The minimum Gasteiger partial charge on any atom is -0.363 e. The lowest BCUT2D eigenvalue weighted by Crippen LogP contribution is -2.40. The van der Waals surface area contributed by atoms with Crippen molar-refractivity contribution in [3.8, 4) is 11.4 Å². The predicted molar refractivity (Wildman–Crippen MR) is 74.7 cm³/mol. The molecule has 3 heterocycles. The third kappa shape index (κ3) is 2.71. The molecule has 0 saturated carbocycles. The summed E-state index contributed by atoms with van der Waals surface area (Å²) >= 11 is 0. The molecule has 1 fully saturated rings. The van der Waals surface area contributed by atoms with Crippen molar-refractivity contribution in [3.63, 3.8) is 0 Å². The molecule has 0 N–H and O–H groups in total. The molecule has 0 unspecified atom stereocenters. The first-order chi connectivity index (χ1) is 10.1. The normalized spacial score (nSPS) is 23.6. The molecule has 0 aliphatic carbocycles. The first-order valence-corrected chi connectivity index (χ1v) is 7.21. The second-order valence-corrected chi connectivity index (χ2v) is 5.53. The third-order valence-corrected chi connectivity index (χ3v) is 3.65. The Hall–Kier alpha value is -1.73. The van der Waals surface area contributed by atoms with Crippen molar-refractivity contribution in [2.75, 3.05) is 20.1 Å². The molecule has 7 heteroatoms. The molecule has 0 spiro atoms. The lowest BCUT2D eigenvalue weighted by molar-refractivity contribution is -0.0838. The zero-order valence-corrected chi connectivity index (χ0v) is 12.8. The van der Waals surface area contributed by atoms with Gasteiger partial charge in [0.25, 0.3) is 5.89 Å². The maximum Gasteiger partial charge on any atom is 0.257 e. The van der Waals surface area contributed by atoms with Gasteiger partial charge in [-0.25, -0.2) is 0 Å². The quantitative estimate of drug-likeness (QED) is 0.856. The zero-order chi connectivity index (χ0) is 15.0. The number of nitrogens with zero attached hydrogens (tertiary/aromatic N) is 4. The van der Waals surface area contributed by atoms with Gasteiger partial charge in [0.2, 0.25) is 5.82 Å². The second kappa shape index (κ2) is 5.57. The highest BCUT2D eigenvalue weighted by Gasteiger charge is 2.29. The van der Waals surface area contributed by atoms with Gasteiger partial charge in [0.05, 0.1) is 17.4 Å². The molecule has 7 nitrogen and oxygen atoms in total. The van der Waals surface area contributed by atoms with E-state index in [9.17, 15) is 0 Å². The molecule has 0 bridgehead atoms. The third-order valence-electron chi connectivity index (χ3n) is 3.65. The molecule has 114 valence electrons. The molecule has 21 heavy (non-hydrogen) atoms. The van der Waals surface area contributed by atoms with Crippen LogP contribution in [0.15, 0.2) is 9.05 Å². The van der Waals surface area contributed by atoms with E-state index in [0.29, 0.717) is 17.5 Å². The van der Waals surface area contributed by atoms with Crippen LogP contribution in [0.3, 0.4) is 0 Å². The number of hydrogen-bond acceptors (Lipinski definition) is 7. The number of aryl methyl sites for hydroxylation is 2. The van der Waals surface area contributed by atoms with Gasteiger partial charge in [-0.05, 0) is 27.3 Å². The first-order valence-electron chi connectivity index (χ1n) is 7.21. The van der Waals surface area contributed by atoms with Gasteiger partial charge in [-0.1, -0.05) is 17.2 Å². The van der Waals surface area contributed by atoms with Crippen LogP contribution in [0.5, 0.6) is 0 Å². The summed E-state index contributed by atoms with van der Waals surface area (Å²) in [4.78, 5) is 6.68. The Morgan fingerprint density at radius 3 is 2.76 bits per heavy atom. The van der Waals surface area contributed by atoms with Gasteiger partial charge in [0, 0.05) is 13.1 Å². The average molecular weight is 292 g/mol. The van der Waals surface area contributed by atoms with E-state index in [1.54, 1.807) is 0 Å². The Balaban J connectivity index is 1.88. The van der Waals surface area contributed by atoms with Gasteiger partial charge in [-0.2, -0.15) is 4.98 Å². The SMILES string of the molecule is CCc1noc(C)c1-c1noc([C@H]2CN(C)C[C@@H](C)O2)n1. The predicted octanol–water partition coefficient (Wildman–Crippen LogP) is 1.99. The van der Waals surface area contributed by atoms with E-state index in [4.69, 9.17) is 13.8 Å². The average Bonchev–Trinajstić information content (AvgIpc) is 3.03. The molecule has 1 aliphatic heterocycles. The lowest BCUT2D eigenvalue weighted by Gasteiger charge is -2.32. The van der Waals surface area contributed by atoms with E-state index >= 15 is 0 Å². The fourth-order valence-corrected chi connectivity index (χ4v) is 2.71. The molecule has 2 aromatic rings. The highest BCUT2D eigenvalue weighted by molar-refractivity contribution is 5.59. The van der Waals surface area contributed by atoms with Crippen molar-refractivity contribution >= 4 is 0 Å². The van der Waals surface area contributed by atoms with Crippen molar-refractivity contribution in [1.82, 2.24) is 20.2 Å². The minimum atomic E-state index is -0.190. The fraction of sp³-hybridized carbons (Fsp3) is 0.643. The maximum absolute atomic E-state index is 5.88. The second-order valence-electron chi connectivity index (χ2n) is 5.53. The van der Waals surface area contributed by atoms with Crippen molar-refractivity contribution in [2.24, 2.45) is 0 Å². The number of ether oxygens (including phenoxy) is 1. The van der Waals surface area contributed by atoms with Gasteiger partial charge in [-0.3, -0.25) is 0 Å². The molecular weight excluding hydrogens is 272 g/mol. The standard InChI is InChI=1S/C14H20N4O3/c1-5-10-12(9(3)20-16-10)13-15-14(21-17-13)11-7-18(4)6-8(2)19-11/h8,11H,5-7H2,1-4H3/t8-,11-/m1/s1. The van der Waals surface area contributed by atoms with Crippen LogP contribution < -0.4 is 0 Å². The van der Waals surface area contributed by atoms with Crippen LogP contribution in [0.2, 0.25) is 0 Å². The lowest BCUT2D eigenvalue weighted by atomic mass is 10.1. The van der Waals surface area contributed by atoms with E-state index in [0.717, 1.165) is 30.8 Å². The van der Waals surface area contributed by atoms with Crippen LogP contribution in [-0.4, -0.2) is 46.4 Å². The highest BCUT2D eigenvalue weighted by Crippen LogP contribution is 2.28. The Labute approximate surface area is 123 Å². The largest absolute Gasteiger partial charge is 0.363 e. The molecule has 2 atom stereocenters. The van der Waals surface area contributed by atoms with Crippen LogP contribution >= 0.6 is 0 Å². The Bertz CT molecular complexity index is 612. The molecule has 1 aliphatic rings. The first kappa shape index (κ1) is 14.2. The summed E-state index contributed by atoms with van der Waals surface area (Å²) in [6, 6.07) is 0. The molecule has 0 amide bonds. The molecule has 1 saturated heterocycles. The highest BCUT2D eigenvalue weighted by atomic mass is 16.5. The van der Waals surface area contributed by atoms with Crippen LogP contribution in [-0.2, 0) is 11.2 Å². The van der Waals surface area contributed by atoms with Crippen LogP contribution in [0.4, 0.5) is 0 Å². The maximum atomic E-state index is 5.88.